The van der Waals surface area contributed by atoms with E-state index in [1.807, 2.05) is 0 Å². The molecule has 0 atom stereocenters. The fraction of sp³-hybridized carbons (Fsp3) is 0. The molecule has 0 aliphatic rings. The van der Waals surface area contributed by atoms with Gasteiger partial charge in [0.2, 0.25) is 0 Å². The molecule has 0 amide bonds. The van der Waals surface area contributed by atoms with Gasteiger partial charge in [-0.25, -0.2) is 13.2 Å². The molecule has 80 valence electrons. The molecule has 0 bridgehead atoms. The molecule has 0 aromatic heterocycles. The lowest BCUT2D eigenvalue weighted by molar-refractivity contribution is 0.409. The third kappa shape index (κ3) is 2.15. The molecule has 0 saturated heterocycles. The van der Waals surface area contributed by atoms with Crippen LogP contribution in [-0.2, 0) is 0 Å². The topological polar surface area (TPSA) is 80.9 Å². The third-order valence-electron chi connectivity index (χ3n) is 1.76. The van der Waals surface area contributed by atoms with Gasteiger partial charge in [0, 0.05) is 10.9 Å². The maximum absolute atomic E-state index is 12.9. The molecule has 1 aromatic rings. The number of hydrogen-bond donors (Lipinski definition) is 4. The van der Waals surface area contributed by atoms with Crippen molar-refractivity contribution in [2.75, 3.05) is 0 Å². The standard InChI is InChI=1S/C6H5B2F3O4/c9-4-2(7(12)13)1-3(8(14)15)5(10)6(4)11/h1,12-15H. The Hall–Kier alpha value is -1.02. The van der Waals surface area contributed by atoms with Crippen molar-refractivity contribution in [1.82, 2.24) is 0 Å². The Bertz CT molecular complexity index is 353. The first-order valence-electron chi connectivity index (χ1n) is 3.75. The summed E-state index contributed by atoms with van der Waals surface area (Å²) in [6.45, 7) is 0. The predicted octanol–water partition coefficient (Wildman–Crippen LogP) is -2.54. The molecule has 4 N–H and O–H groups in total. The zero-order valence-corrected chi connectivity index (χ0v) is 7.15. The zero-order valence-electron chi connectivity index (χ0n) is 7.15. The molecule has 0 unspecified atom stereocenters. The van der Waals surface area contributed by atoms with Crippen LogP contribution >= 0.6 is 0 Å². The van der Waals surface area contributed by atoms with Gasteiger partial charge in [0.05, 0.1) is 0 Å². The second-order valence-corrected chi connectivity index (χ2v) is 2.74. The van der Waals surface area contributed by atoms with Crippen LogP contribution < -0.4 is 10.9 Å². The van der Waals surface area contributed by atoms with Gasteiger partial charge >= 0.3 is 14.2 Å². The normalized spacial score (nSPS) is 10.3. The molecule has 0 aliphatic heterocycles. The van der Waals surface area contributed by atoms with Crippen molar-refractivity contribution in [1.29, 1.82) is 0 Å². The van der Waals surface area contributed by atoms with Gasteiger partial charge in [0.15, 0.2) is 17.5 Å². The van der Waals surface area contributed by atoms with Gasteiger partial charge in [-0.3, -0.25) is 0 Å². The van der Waals surface area contributed by atoms with Gasteiger partial charge in [-0.15, -0.1) is 0 Å². The van der Waals surface area contributed by atoms with Gasteiger partial charge in [0.1, 0.15) is 0 Å². The van der Waals surface area contributed by atoms with E-state index in [-0.39, 0.29) is 0 Å². The molecular formula is C6H5B2F3O4. The van der Waals surface area contributed by atoms with Crippen LogP contribution in [0.4, 0.5) is 13.2 Å². The van der Waals surface area contributed by atoms with Crippen molar-refractivity contribution in [2.24, 2.45) is 0 Å². The lowest BCUT2D eigenvalue weighted by atomic mass is 9.72. The predicted molar refractivity (Wildman–Crippen MR) is 46.0 cm³/mol. The maximum atomic E-state index is 12.9. The third-order valence-corrected chi connectivity index (χ3v) is 1.76. The Morgan fingerprint density at radius 2 is 1.07 bits per heavy atom. The molecule has 0 spiro atoms. The highest BCUT2D eigenvalue weighted by Crippen LogP contribution is 2.07. The minimum Gasteiger partial charge on any atom is -0.423 e. The summed E-state index contributed by atoms with van der Waals surface area (Å²) in [5.74, 6) is -5.57. The van der Waals surface area contributed by atoms with Crippen molar-refractivity contribution in [3.8, 4) is 0 Å². The van der Waals surface area contributed by atoms with Crippen LogP contribution in [0, 0.1) is 17.5 Å². The smallest absolute Gasteiger partial charge is 0.423 e. The second kappa shape index (κ2) is 4.23. The van der Waals surface area contributed by atoms with Gasteiger partial charge in [-0.05, 0) is 0 Å². The van der Waals surface area contributed by atoms with E-state index in [4.69, 9.17) is 20.1 Å². The van der Waals surface area contributed by atoms with Crippen LogP contribution in [0.3, 0.4) is 0 Å². The molecule has 9 heteroatoms. The Labute approximate surface area is 82.9 Å². The number of rotatable bonds is 2. The Morgan fingerprint density at radius 1 is 0.733 bits per heavy atom. The molecule has 0 fully saturated rings. The molecule has 0 radical (unpaired) electrons. The highest BCUT2D eigenvalue weighted by molar-refractivity contribution is 6.62. The summed E-state index contributed by atoms with van der Waals surface area (Å²) in [5.41, 5.74) is -1.95. The lowest BCUT2D eigenvalue weighted by Crippen LogP contribution is -2.43. The molecule has 1 rings (SSSR count). The summed E-state index contributed by atoms with van der Waals surface area (Å²) in [6.07, 6.45) is 0. The summed E-state index contributed by atoms with van der Waals surface area (Å²) in [7, 11) is -4.75. The first-order chi connectivity index (χ1) is 6.86. The van der Waals surface area contributed by atoms with Crippen molar-refractivity contribution in [3.05, 3.63) is 23.5 Å². The largest absolute Gasteiger partial charge is 0.491 e. The van der Waals surface area contributed by atoms with Crippen molar-refractivity contribution in [2.45, 2.75) is 0 Å². The van der Waals surface area contributed by atoms with Gasteiger partial charge in [-0.2, -0.15) is 0 Å². The Kier molecular flexibility index (Phi) is 3.40. The van der Waals surface area contributed by atoms with Gasteiger partial charge < -0.3 is 20.1 Å². The maximum Gasteiger partial charge on any atom is 0.491 e. The van der Waals surface area contributed by atoms with Crippen LogP contribution in [0.15, 0.2) is 6.07 Å². The SMILES string of the molecule is OB(O)c1cc(B(O)O)c(F)c(F)c1F. The molecule has 4 nitrogen and oxygen atoms in total. The van der Waals surface area contributed by atoms with Crippen LogP contribution in [-0.4, -0.2) is 34.3 Å². The van der Waals surface area contributed by atoms with Crippen LogP contribution in [0.2, 0.25) is 0 Å². The Balaban J connectivity index is 3.45. The molecule has 15 heavy (non-hydrogen) atoms. The first kappa shape index (κ1) is 12.1. The summed E-state index contributed by atoms with van der Waals surface area (Å²) >= 11 is 0. The van der Waals surface area contributed by atoms with E-state index >= 15 is 0 Å². The molecule has 0 saturated carbocycles. The summed E-state index contributed by atoms with van der Waals surface area (Å²) in [4.78, 5) is 0. The Morgan fingerprint density at radius 3 is 1.33 bits per heavy atom. The summed E-state index contributed by atoms with van der Waals surface area (Å²) < 4.78 is 38.5. The van der Waals surface area contributed by atoms with E-state index in [1.54, 1.807) is 0 Å². The molecule has 0 aliphatic carbocycles. The van der Waals surface area contributed by atoms with Crippen molar-refractivity contribution in [3.63, 3.8) is 0 Å². The van der Waals surface area contributed by atoms with E-state index in [1.165, 1.54) is 0 Å². The number of benzene rings is 1. The van der Waals surface area contributed by atoms with Crippen LogP contribution in [0.25, 0.3) is 0 Å². The summed E-state index contributed by atoms with van der Waals surface area (Å²) in [6, 6.07) is 0.420. The molecular weight excluding hydrogens is 215 g/mol. The molecule has 1 aromatic carbocycles. The average molecular weight is 220 g/mol. The average Bonchev–Trinajstić information content (AvgIpc) is 2.13. The van der Waals surface area contributed by atoms with Gasteiger partial charge in [-0.1, -0.05) is 6.07 Å². The lowest BCUT2D eigenvalue weighted by Gasteiger charge is -2.08. The van der Waals surface area contributed by atoms with Crippen molar-refractivity contribution >= 4 is 25.2 Å². The van der Waals surface area contributed by atoms with Gasteiger partial charge in [0.25, 0.3) is 0 Å². The van der Waals surface area contributed by atoms with Crippen molar-refractivity contribution < 1.29 is 33.3 Å². The monoisotopic (exact) mass is 220 g/mol. The van der Waals surface area contributed by atoms with E-state index < -0.39 is 42.6 Å². The minimum absolute atomic E-state index is 0.420. The highest BCUT2D eigenvalue weighted by atomic mass is 19.2. The van der Waals surface area contributed by atoms with E-state index in [2.05, 4.69) is 0 Å². The first-order valence-corrected chi connectivity index (χ1v) is 3.75. The van der Waals surface area contributed by atoms with E-state index in [0.717, 1.165) is 0 Å². The van der Waals surface area contributed by atoms with Crippen LogP contribution in [0.1, 0.15) is 0 Å². The fourth-order valence-corrected chi connectivity index (χ4v) is 1.02. The number of halogens is 3. The van der Waals surface area contributed by atoms with E-state index in [0.29, 0.717) is 6.07 Å². The molecule has 0 heterocycles. The van der Waals surface area contributed by atoms with E-state index in [9.17, 15) is 13.2 Å². The second-order valence-electron chi connectivity index (χ2n) is 2.74. The quantitative estimate of drug-likeness (QED) is 0.327. The number of hydrogen-bond acceptors (Lipinski definition) is 4. The summed E-state index contributed by atoms with van der Waals surface area (Å²) in [5, 5.41) is 34.4. The fourth-order valence-electron chi connectivity index (χ4n) is 1.02. The zero-order chi connectivity index (χ0) is 11.7. The van der Waals surface area contributed by atoms with Crippen LogP contribution in [0.5, 0.6) is 0 Å². The minimum atomic E-state index is -2.38. The highest BCUT2D eigenvalue weighted by Gasteiger charge is 2.29.